The van der Waals surface area contributed by atoms with Crippen LogP contribution in [0.25, 0.3) is 11.3 Å². The zero-order valence-corrected chi connectivity index (χ0v) is 12.9. The van der Waals surface area contributed by atoms with Crippen molar-refractivity contribution in [3.63, 3.8) is 0 Å². The van der Waals surface area contributed by atoms with Crippen molar-refractivity contribution in [3.05, 3.63) is 41.0 Å². The Bertz CT molecular complexity index is 730. The monoisotopic (exact) mass is 291 g/mol. The molecule has 2 aliphatic rings. The molecule has 1 N–H and O–H groups in total. The topological polar surface area (TPSA) is 42.8 Å². The van der Waals surface area contributed by atoms with Gasteiger partial charge in [0.15, 0.2) is 0 Å². The van der Waals surface area contributed by atoms with Gasteiger partial charge in [-0.05, 0) is 67.3 Å². The van der Waals surface area contributed by atoms with Crippen molar-refractivity contribution >= 4 is 5.82 Å². The first-order valence-electron chi connectivity index (χ1n) is 8.35. The summed E-state index contributed by atoms with van der Waals surface area (Å²) in [6, 6.07) is 11.1. The van der Waals surface area contributed by atoms with E-state index in [-0.39, 0.29) is 0 Å². The van der Waals surface area contributed by atoms with Gasteiger partial charge >= 0.3 is 0 Å². The summed E-state index contributed by atoms with van der Waals surface area (Å²) in [5.74, 6) is 1.01. The van der Waals surface area contributed by atoms with E-state index in [0.29, 0.717) is 0 Å². The van der Waals surface area contributed by atoms with Gasteiger partial charge in [-0.25, -0.2) is 0 Å². The van der Waals surface area contributed by atoms with Crippen molar-refractivity contribution in [3.8, 4) is 17.3 Å². The molecule has 0 atom stereocenters. The highest BCUT2D eigenvalue weighted by Crippen LogP contribution is 2.31. The predicted molar refractivity (Wildman–Crippen MR) is 89.0 cm³/mol. The molecule has 0 unspecified atom stereocenters. The van der Waals surface area contributed by atoms with Crippen molar-refractivity contribution < 1.29 is 0 Å². The second kappa shape index (κ2) is 5.53. The molecule has 1 aromatic heterocycles. The van der Waals surface area contributed by atoms with Crippen LogP contribution < -0.4 is 4.90 Å². The van der Waals surface area contributed by atoms with E-state index < -0.39 is 0 Å². The molecule has 1 fully saturated rings. The van der Waals surface area contributed by atoms with Crippen LogP contribution in [0, 0.1) is 11.3 Å². The minimum absolute atomic E-state index is 0.773. The summed E-state index contributed by atoms with van der Waals surface area (Å²) in [6.45, 7) is 2.11. The molecule has 2 aromatic rings. The number of nitriles is 1. The molecule has 0 amide bonds. The van der Waals surface area contributed by atoms with Gasteiger partial charge in [0.2, 0.25) is 0 Å². The van der Waals surface area contributed by atoms with Gasteiger partial charge in [0.25, 0.3) is 0 Å². The van der Waals surface area contributed by atoms with Crippen molar-refractivity contribution in [2.45, 2.75) is 38.5 Å². The van der Waals surface area contributed by atoms with Crippen LogP contribution in [0.3, 0.4) is 0 Å². The van der Waals surface area contributed by atoms with E-state index in [1.54, 1.807) is 0 Å². The van der Waals surface area contributed by atoms with E-state index in [2.05, 4.69) is 34.2 Å². The number of H-pyrrole nitrogens is 1. The standard InChI is InChI=1S/C19H21N3/c20-13-17-12-18(21-19(17)22-9-3-4-10-22)16-8-7-14-5-1-2-6-15(14)11-16/h7-8,11-12,21H,1-6,9-10H2. The van der Waals surface area contributed by atoms with E-state index in [1.807, 2.05) is 6.07 Å². The fourth-order valence-corrected chi connectivity index (χ4v) is 3.78. The Morgan fingerprint density at radius 1 is 0.955 bits per heavy atom. The van der Waals surface area contributed by atoms with Gasteiger partial charge in [-0.15, -0.1) is 0 Å². The number of nitrogens with one attached hydrogen (secondary N) is 1. The van der Waals surface area contributed by atoms with E-state index >= 15 is 0 Å². The second-order valence-electron chi connectivity index (χ2n) is 6.44. The Hall–Kier alpha value is -2.21. The average Bonchev–Trinajstić information content (AvgIpc) is 3.23. The number of hydrogen-bond acceptors (Lipinski definition) is 2. The quantitative estimate of drug-likeness (QED) is 0.907. The minimum Gasteiger partial charge on any atom is -0.357 e. The van der Waals surface area contributed by atoms with Gasteiger partial charge in [-0.1, -0.05) is 12.1 Å². The van der Waals surface area contributed by atoms with Crippen LogP contribution in [-0.4, -0.2) is 18.1 Å². The fourth-order valence-electron chi connectivity index (χ4n) is 3.78. The van der Waals surface area contributed by atoms with Crippen LogP contribution >= 0.6 is 0 Å². The van der Waals surface area contributed by atoms with Gasteiger partial charge < -0.3 is 9.88 Å². The molecular weight excluding hydrogens is 270 g/mol. The lowest BCUT2D eigenvalue weighted by Crippen LogP contribution is -2.18. The predicted octanol–water partition coefficient (Wildman–Crippen LogP) is 4.03. The first kappa shape index (κ1) is 13.5. The molecule has 0 spiro atoms. The Kier molecular flexibility index (Phi) is 3.38. The lowest BCUT2D eigenvalue weighted by Gasteiger charge is -2.17. The highest BCUT2D eigenvalue weighted by Gasteiger charge is 2.19. The van der Waals surface area contributed by atoms with Crippen LogP contribution in [0.1, 0.15) is 42.4 Å². The molecule has 0 saturated carbocycles. The molecule has 4 rings (SSSR count). The van der Waals surface area contributed by atoms with Crippen LogP contribution in [0.15, 0.2) is 24.3 Å². The average molecular weight is 291 g/mol. The third kappa shape index (κ3) is 2.29. The molecule has 0 bridgehead atoms. The molecule has 0 radical (unpaired) electrons. The molecule has 112 valence electrons. The van der Waals surface area contributed by atoms with Gasteiger partial charge in [-0.2, -0.15) is 5.26 Å². The van der Waals surface area contributed by atoms with Crippen molar-refractivity contribution in [2.24, 2.45) is 0 Å². The number of aryl methyl sites for hydroxylation is 2. The SMILES string of the molecule is N#Cc1cc(-c2ccc3c(c2)CCCC3)[nH]c1N1CCCC1. The lowest BCUT2D eigenvalue weighted by atomic mass is 9.90. The van der Waals surface area contributed by atoms with Crippen LogP contribution in [0.2, 0.25) is 0 Å². The van der Waals surface area contributed by atoms with Crippen LogP contribution in [0.5, 0.6) is 0 Å². The maximum atomic E-state index is 9.43. The first-order valence-corrected chi connectivity index (χ1v) is 8.35. The van der Waals surface area contributed by atoms with Crippen molar-refractivity contribution in [2.75, 3.05) is 18.0 Å². The maximum Gasteiger partial charge on any atom is 0.124 e. The van der Waals surface area contributed by atoms with E-state index in [1.165, 1.54) is 55.2 Å². The Labute approximate surface area is 131 Å². The van der Waals surface area contributed by atoms with E-state index in [0.717, 1.165) is 30.2 Å². The normalized spacial score (nSPS) is 17.3. The van der Waals surface area contributed by atoms with Crippen LogP contribution in [-0.2, 0) is 12.8 Å². The maximum absolute atomic E-state index is 9.43. The number of fused-ring (bicyclic) bond motifs is 1. The number of benzene rings is 1. The highest BCUT2D eigenvalue weighted by molar-refractivity contribution is 5.70. The molecule has 3 heteroatoms. The van der Waals surface area contributed by atoms with E-state index in [4.69, 9.17) is 0 Å². The summed E-state index contributed by atoms with van der Waals surface area (Å²) in [5, 5.41) is 9.43. The molecule has 2 heterocycles. The van der Waals surface area contributed by atoms with Crippen LogP contribution in [0.4, 0.5) is 5.82 Å². The molecule has 1 saturated heterocycles. The van der Waals surface area contributed by atoms with E-state index in [9.17, 15) is 5.26 Å². The second-order valence-corrected chi connectivity index (χ2v) is 6.44. The number of aromatic amines is 1. The molecule has 1 aliphatic carbocycles. The fraction of sp³-hybridized carbons (Fsp3) is 0.421. The summed E-state index contributed by atoms with van der Waals surface area (Å²) >= 11 is 0. The summed E-state index contributed by atoms with van der Waals surface area (Å²) < 4.78 is 0. The Balaban J connectivity index is 1.72. The first-order chi connectivity index (χ1) is 10.8. The van der Waals surface area contributed by atoms with Gasteiger partial charge in [0.05, 0.1) is 5.56 Å². The smallest absolute Gasteiger partial charge is 0.124 e. The molecule has 3 nitrogen and oxygen atoms in total. The third-order valence-electron chi connectivity index (χ3n) is 5.00. The third-order valence-corrected chi connectivity index (χ3v) is 5.00. The number of nitrogens with zero attached hydrogens (tertiary/aromatic N) is 2. The molecule has 1 aromatic carbocycles. The van der Waals surface area contributed by atoms with Gasteiger partial charge in [-0.3, -0.25) is 0 Å². The minimum atomic E-state index is 0.773. The highest BCUT2D eigenvalue weighted by atomic mass is 15.2. The summed E-state index contributed by atoms with van der Waals surface area (Å²) in [6.07, 6.45) is 7.45. The number of anilines is 1. The largest absolute Gasteiger partial charge is 0.357 e. The van der Waals surface area contributed by atoms with Gasteiger partial charge in [0.1, 0.15) is 11.9 Å². The zero-order chi connectivity index (χ0) is 14.9. The lowest BCUT2D eigenvalue weighted by molar-refractivity contribution is 0.686. The Morgan fingerprint density at radius 2 is 1.73 bits per heavy atom. The molecular formula is C19H21N3. The summed E-state index contributed by atoms with van der Waals surface area (Å²) in [7, 11) is 0. The number of aromatic nitrogens is 1. The Morgan fingerprint density at radius 3 is 2.50 bits per heavy atom. The van der Waals surface area contributed by atoms with Crippen molar-refractivity contribution in [1.29, 1.82) is 5.26 Å². The molecule has 1 aliphatic heterocycles. The summed E-state index contributed by atoms with van der Waals surface area (Å²) in [5.41, 5.74) is 6.05. The number of hydrogen-bond donors (Lipinski definition) is 1. The van der Waals surface area contributed by atoms with Crippen molar-refractivity contribution in [1.82, 2.24) is 4.98 Å². The number of rotatable bonds is 2. The summed E-state index contributed by atoms with van der Waals surface area (Å²) in [4.78, 5) is 5.81. The zero-order valence-electron chi connectivity index (χ0n) is 12.9. The molecule has 22 heavy (non-hydrogen) atoms. The van der Waals surface area contributed by atoms with Gasteiger partial charge in [0, 0.05) is 18.8 Å².